The molecule has 1 fully saturated rings. The average Bonchev–Trinajstić information content (AvgIpc) is 3.35. The van der Waals surface area contributed by atoms with Gasteiger partial charge < -0.3 is 4.52 Å². The molecule has 3 aromatic heterocycles. The van der Waals surface area contributed by atoms with Gasteiger partial charge in [-0.3, -0.25) is 9.47 Å². The van der Waals surface area contributed by atoms with Gasteiger partial charge in [0.25, 0.3) is 5.71 Å². The molecule has 0 saturated heterocycles. The van der Waals surface area contributed by atoms with E-state index in [4.69, 9.17) is 16.1 Å². The highest BCUT2D eigenvalue weighted by molar-refractivity contribution is 6.30. The van der Waals surface area contributed by atoms with E-state index in [0.717, 1.165) is 72.2 Å². The van der Waals surface area contributed by atoms with Crippen LogP contribution in [0.4, 0.5) is 0 Å². The predicted molar refractivity (Wildman–Crippen MR) is 117 cm³/mol. The van der Waals surface area contributed by atoms with E-state index in [9.17, 15) is 0 Å². The highest BCUT2D eigenvalue weighted by Gasteiger charge is 2.32. The zero-order valence-electron chi connectivity index (χ0n) is 17.3. The van der Waals surface area contributed by atoms with E-state index in [1.165, 1.54) is 5.56 Å². The second kappa shape index (κ2) is 7.43. The van der Waals surface area contributed by atoms with Crippen molar-refractivity contribution in [3.8, 4) is 5.69 Å². The maximum Gasteiger partial charge on any atom is 0.257 e. The van der Waals surface area contributed by atoms with Crippen LogP contribution in [0.1, 0.15) is 60.4 Å². The Morgan fingerprint density at radius 3 is 2.74 bits per heavy atom. The molecule has 31 heavy (non-hydrogen) atoms. The monoisotopic (exact) mass is 434 g/mol. The second-order valence-corrected chi connectivity index (χ2v) is 9.16. The molecular formula is C23H23ClN6O. The Bertz CT molecular complexity index is 1260. The van der Waals surface area contributed by atoms with Gasteiger partial charge in [0.15, 0.2) is 5.82 Å². The van der Waals surface area contributed by atoms with Crippen LogP contribution in [0, 0.1) is 0 Å². The van der Waals surface area contributed by atoms with Crippen molar-refractivity contribution >= 4 is 22.7 Å². The van der Waals surface area contributed by atoms with Crippen LogP contribution in [0.25, 0.3) is 16.8 Å². The van der Waals surface area contributed by atoms with Gasteiger partial charge in [0.1, 0.15) is 5.82 Å². The number of rotatable bonds is 2. The van der Waals surface area contributed by atoms with Crippen LogP contribution in [0.2, 0.25) is 5.02 Å². The fourth-order valence-corrected chi connectivity index (χ4v) is 5.36. The van der Waals surface area contributed by atoms with Gasteiger partial charge in [-0.15, -0.1) is 10.2 Å². The van der Waals surface area contributed by atoms with Crippen LogP contribution in [0.3, 0.4) is 0 Å². The fourth-order valence-electron chi connectivity index (χ4n) is 5.17. The average molecular weight is 435 g/mol. The summed E-state index contributed by atoms with van der Waals surface area (Å²) < 4.78 is 7.72. The molecule has 4 heterocycles. The first-order valence-electron chi connectivity index (χ1n) is 10.8. The fraction of sp³-hybridized carbons (Fsp3) is 0.391. The molecule has 0 unspecified atom stereocenters. The van der Waals surface area contributed by atoms with Crippen molar-refractivity contribution in [3.63, 3.8) is 0 Å². The smallest absolute Gasteiger partial charge is 0.257 e. The minimum atomic E-state index is 0.376. The number of nitrogens with zero attached hydrogens (tertiary/aromatic N) is 6. The number of benzene rings is 1. The first-order chi connectivity index (χ1) is 15.2. The molecule has 6 rings (SSSR count). The van der Waals surface area contributed by atoms with Crippen LogP contribution in [0.15, 0.2) is 41.1 Å². The third kappa shape index (κ3) is 3.23. The van der Waals surface area contributed by atoms with Gasteiger partial charge in [0.05, 0.1) is 23.3 Å². The molecule has 0 atom stereocenters. The van der Waals surface area contributed by atoms with Crippen molar-refractivity contribution in [3.05, 3.63) is 64.5 Å². The van der Waals surface area contributed by atoms with Crippen molar-refractivity contribution in [2.75, 3.05) is 7.05 Å². The Morgan fingerprint density at radius 1 is 1.03 bits per heavy atom. The maximum atomic E-state index is 6.30. The molecule has 0 radical (unpaired) electrons. The normalized spacial score (nSPS) is 21.6. The lowest BCUT2D eigenvalue weighted by Crippen LogP contribution is -2.17. The van der Waals surface area contributed by atoms with E-state index in [0.29, 0.717) is 17.5 Å². The third-order valence-electron chi connectivity index (χ3n) is 6.65. The number of hydrogen-bond donors (Lipinski definition) is 0. The maximum absolute atomic E-state index is 6.30. The summed E-state index contributed by atoms with van der Waals surface area (Å²) in [6, 6.07) is 10.1. The summed E-state index contributed by atoms with van der Waals surface area (Å²) in [5.74, 6) is 2.83. The summed E-state index contributed by atoms with van der Waals surface area (Å²) in [6.07, 6.45) is 5.95. The van der Waals surface area contributed by atoms with E-state index >= 15 is 0 Å². The van der Waals surface area contributed by atoms with Gasteiger partial charge in [-0.25, -0.2) is 4.98 Å². The minimum Gasteiger partial charge on any atom is -0.336 e. The summed E-state index contributed by atoms with van der Waals surface area (Å²) >= 11 is 6.30. The van der Waals surface area contributed by atoms with Crippen LogP contribution in [-0.2, 0) is 13.1 Å². The van der Waals surface area contributed by atoms with Crippen molar-refractivity contribution < 1.29 is 4.52 Å². The molecule has 158 valence electrons. The Hall–Kier alpha value is -2.77. The van der Waals surface area contributed by atoms with Gasteiger partial charge in [-0.05, 0) is 68.6 Å². The van der Waals surface area contributed by atoms with Crippen LogP contribution in [0.5, 0.6) is 0 Å². The SMILES string of the molecule is CN1Cc2cc(Cl)ccc2-n2c(nnc2[C@H]2CC[C@H](c3noc4ncccc43)CC2)C1. The molecular weight excluding hydrogens is 412 g/mol. The first kappa shape index (κ1) is 19.0. The Labute approximate surface area is 185 Å². The van der Waals surface area contributed by atoms with E-state index < -0.39 is 0 Å². The number of halogens is 1. The Morgan fingerprint density at radius 2 is 1.87 bits per heavy atom. The first-order valence-corrected chi connectivity index (χ1v) is 11.2. The number of hydrogen-bond acceptors (Lipinski definition) is 6. The Balaban J connectivity index is 1.30. The van der Waals surface area contributed by atoms with Crippen molar-refractivity contribution in [1.82, 2.24) is 29.8 Å². The zero-order chi connectivity index (χ0) is 20.9. The third-order valence-corrected chi connectivity index (χ3v) is 6.88. The lowest BCUT2D eigenvalue weighted by molar-refractivity contribution is 0.315. The molecule has 4 aromatic rings. The molecule has 1 saturated carbocycles. The predicted octanol–water partition coefficient (Wildman–Crippen LogP) is 4.84. The minimum absolute atomic E-state index is 0.376. The van der Waals surface area contributed by atoms with E-state index in [-0.39, 0.29) is 0 Å². The molecule has 0 amide bonds. The summed E-state index contributed by atoms with van der Waals surface area (Å²) in [5.41, 5.74) is 4.04. The lowest BCUT2D eigenvalue weighted by atomic mass is 9.79. The van der Waals surface area contributed by atoms with Crippen molar-refractivity contribution in [2.45, 2.75) is 50.6 Å². The van der Waals surface area contributed by atoms with Crippen molar-refractivity contribution in [2.24, 2.45) is 0 Å². The molecule has 0 bridgehead atoms. The lowest BCUT2D eigenvalue weighted by Gasteiger charge is -2.27. The topological polar surface area (TPSA) is 72.9 Å². The molecule has 8 heteroatoms. The molecule has 1 aliphatic carbocycles. The standard InChI is InChI=1S/C23H23ClN6O/c1-29-12-16-11-17(24)8-9-19(16)30-20(13-29)26-27-22(30)15-6-4-14(5-7-15)21-18-3-2-10-25-23(18)31-28-21/h2-3,8-11,14-15H,4-7,12-13H2,1H3/t14-,15-. The summed E-state index contributed by atoms with van der Waals surface area (Å²) in [7, 11) is 2.11. The molecule has 7 nitrogen and oxygen atoms in total. The van der Waals surface area contributed by atoms with Gasteiger partial charge in [0.2, 0.25) is 0 Å². The molecule has 0 N–H and O–H groups in total. The van der Waals surface area contributed by atoms with Gasteiger partial charge in [0, 0.05) is 29.6 Å². The molecule has 0 spiro atoms. The van der Waals surface area contributed by atoms with Crippen LogP contribution < -0.4 is 0 Å². The number of aromatic nitrogens is 5. The van der Waals surface area contributed by atoms with Crippen LogP contribution in [-0.4, -0.2) is 36.9 Å². The van der Waals surface area contributed by atoms with Gasteiger partial charge in [-0.1, -0.05) is 16.8 Å². The molecule has 2 aliphatic rings. The summed E-state index contributed by atoms with van der Waals surface area (Å²) in [6.45, 7) is 1.62. The van der Waals surface area contributed by atoms with Gasteiger partial charge >= 0.3 is 0 Å². The van der Waals surface area contributed by atoms with Crippen LogP contribution >= 0.6 is 11.6 Å². The van der Waals surface area contributed by atoms with Gasteiger partial charge in [-0.2, -0.15) is 0 Å². The quantitative estimate of drug-likeness (QED) is 0.449. The summed E-state index contributed by atoms with van der Waals surface area (Å²) in [5, 5.41) is 15.4. The largest absolute Gasteiger partial charge is 0.336 e. The number of pyridine rings is 1. The van der Waals surface area contributed by atoms with Crippen molar-refractivity contribution in [1.29, 1.82) is 0 Å². The second-order valence-electron chi connectivity index (χ2n) is 8.73. The Kier molecular flexibility index (Phi) is 4.54. The highest BCUT2D eigenvalue weighted by Crippen LogP contribution is 2.42. The van der Waals surface area contributed by atoms with E-state index in [2.05, 4.69) is 55.1 Å². The number of fused-ring (bicyclic) bond motifs is 4. The van der Waals surface area contributed by atoms with E-state index in [1.807, 2.05) is 12.1 Å². The molecule has 1 aromatic carbocycles. The van der Waals surface area contributed by atoms with E-state index in [1.54, 1.807) is 6.20 Å². The highest BCUT2D eigenvalue weighted by atomic mass is 35.5. The molecule has 1 aliphatic heterocycles. The summed E-state index contributed by atoms with van der Waals surface area (Å²) in [4.78, 5) is 6.54. The zero-order valence-corrected chi connectivity index (χ0v) is 18.1.